The Labute approximate surface area is 131 Å². The van der Waals surface area contributed by atoms with Gasteiger partial charge in [0.1, 0.15) is 17.1 Å². The Morgan fingerprint density at radius 3 is 1.83 bits per heavy atom. The largest absolute Gasteiger partial charge is 0.457 e. The van der Waals surface area contributed by atoms with Crippen LogP contribution in [-0.2, 0) is 12.4 Å². The number of carbonyl (C=O) groups excluding carboxylic acids is 1. The van der Waals surface area contributed by atoms with E-state index in [9.17, 15) is 31.1 Å². The molecular weight excluding hydrogens is 340 g/mol. The minimum absolute atomic E-state index is 0.0945. The topological polar surface area (TPSA) is 52.3 Å². The number of hydrogen-bond donors (Lipinski definition) is 1. The van der Waals surface area contributed by atoms with E-state index in [4.69, 9.17) is 10.5 Å². The Morgan fingerprint density at radius 1 is 0.833 bits per heavy atom. The van der Waals surface area contributed by atoms with Crippen LogP contribution in [0.15, 0.2) is 42.5 Å². The van der Waals surface area contributed by atoms with Gasteiger partial charge in [-0.15, -0.1) is 0 Å². The molecule has 3 nitrogen and oxygen atoms in total. The van der Waals surface area contributed by atoms with Crippen molar-refractivity contribution in [3.8, 4) is 11.5 Å². The standard InChI is InChI=1S/C15H9F6NO2/c16-14(17,18)11-9(13(22)23)6-7-10(12(11)15(19,20)21)24-8-4-2-1-3-5-8/h1-7H,(H2,22,23). The third-order valence-corrected chi connectivity index (χ3v) is 2.97. The maximum absolute atomic E-state index is 13.3. The third kappa shape index (κ3) is 3.61. The lowest BCUT2D eigenvalue weighted by molar-refractivity contribution is -0.163. The maximum atomic E-state index is 13.3. The van der Waals surface area contributed by atoms with Crippen molar-refractivity contribution < 1.29 is 35.9 Å². The van der Waals surface area contributed by atoms with E-state index in [1.54, 1.807) is 6.07 Å². The predicted molar refractivity (Wildman–Crippen MR) is 71.5 cm³/mol. The Morgan fingerprint density at radius 2 is 1.38 bits per heavy atom. The van der Waals surface area contributed by atoms with Crippen LogP contribution in [0.5, 0.6) is 11.5 Å². The summed E-state index contributed by atoms with van der Waals surface area (Å²) >= 11 is 0. The SMILES string of the molecule is NC(=O)c1ccc(Oc2ccccc2)c(C(F)(F)F)c1C(F)(F)F. The Bertz CT molecular complexity index is 753. The third-order valence-electron chi connectivity index (χ3n) is 2.97. The fourth-order valence-electron chi connectivity index (χ4n) is 2.07. The molecule has 2 rings (SSSR count). The molecule has 9 heteroatoms. The highest BCUT2D eigenvalue weighted by Gasteiger charge is 2.48. The van der Waals surface area contributed by atoms with Gasteiger partial charge in [0.2, 0.25) is 5.91 Å². The van der Waals surface area contributed by atoms with Crippen molar-refractivity contribution in [2.24, 2.45) is 5.73 Å². The van der Waals surface area contributed by atoms with Gasteiger partial charge < -0.3 is 10.5 Å². The molecule has 0 fully saturated rings. The molecule has 24 heavy (non-hydrogen) atoms. The van der Waals surface area contributed by atoms with Crippen molar-refractivity contribution in [2.75, 3.05) is 0 Å². The number of halogens is 6. The van der Waals surface area contributed by atoms with Crippen LogP contribution in [0.1, 0.15) is 21.5 Å². The minimum Gasteiger partial charge on any atom is -0.457 e. The molecule has 0 aromatic heterocycles. The van der Waals surface area contributed by atoms with Crippen LogP contribution in [0.3, 0.4) is 0 Å². The van der Waals surface area contributed by atoms with E-state index in [1.165, 1.54) is 24.3 Å². The van der Waals surface area contributed by atoms with Crippen LogP contribution in [-0.4, -0.2) is 5.91 Å². The lowest BCUT2D eigenvalue weighted by atomic mass is 9.98. The van der Waals surface area contributed by atoms with Crippen LogP contribution in [0.25, 0.3) is 0 Å². The molecule has 1 amide bonds. The van der Waals surface area contributed by atoms with Crippen molar-refractivity contribution in [3.05, 3.63) is 59.2 Å². The van der Waals surface area contributed by atoms with Gasteiger partial charge in [-0.05, 0) is 24.3 Å². The summed E-state index contributed by atoms with van der Waals surface area (Å²) in [6, 6.07) is 8.15. The number of carbonyl (C=O) groups is 1. The summed E-state index contributed by atoms with van der Waals surface area (Å²) < 4.78 is 84.2. The van der Waals surface area contributed by atoms with Crippen LogP contribution >= 0.6 is 0 Å². The molecule has 0 saturated carbocycles. The van der Waals surface area contributed by atoms with Gasteiger partial charge >= 0.3 is 12.4 Å². The summed E-state index contributed by atoms with van der Waals surface area (Å²) in [4.78, 5) is 11.1. The summed E-state index contributed by atoms with van der Waals surface area (Å²) in [5.41, 5.74) is -0.775. The predicted octanol–water partition coefficient (Wildman–Crippen LogP) is 4.62. The van der Waals surface area contributed by atoms with Gasteiger partial charge in [0, 0.05) is 0 Å². The zero-order valence-electron chi connectivity index (χ0n) is 11.7. The quantitative estimate of drug-likeness (QED) is 0.823. The van der Waals surface area contributed by atoms with E-state index < -0.39 is 40.7 Å². The van der Waals surface area contributed by atoms with E-state index >= 15 is 0 Å². The molecule has 0 unspecified atom stereocenters. The van der Waals surface area contributed by atoms with E-state index in [-0.39, 0.29) is 5.75 Å². The van der Waals surface area contributed by atoms with Gasteiger partial charge in [-0.1, -0.05) is 18.2 Å². The molecule has 0 aliphatic rings. The smallest absolute Gasteiger partial charge is 0.420 e. The Kier molecular flexibility index (Phi) is 4.46. The van der Waals surface area contributed by atoms with Crippen molar-refractivity contribution >= 4 is 5.91 Å². The molecule has 0 spiro atoms. The fraction of sp³-hybridized carbons (Fsp3) is 0.133. The van der Waals surface area contributed by atoms with Crippen molar-refractivity contribution in [1.82, 2.24) is 0 Å². The van der Waals surface area contributed by atoms with E-state index in [2.05, 4.69) is 0 Å². The number of benzene rings is 2. The average molecular weight is 349 g/mol. The first-order chi connectivity index (χ1) is 11.0. The summed E-state index contributed by atoms with van der Waals surface area (Å²) in [5.74, 6) is -2.80. The minimum atomic E-state index is -5.45. The molecule has 0 radical (unpaired) electrons. The number of alkyl halides is 6. The van der Waals surface area contributed by atoms with Crippen molar-refractivity contribution in [2.45, 2.75) is 12.4 Å². The van der Waals surface area contributed by atoms with Crippen molar-refractivity contribution in [1.29, 1.82) is 0 Å². The first-order valence-corrected chi connectivity index (χ1v) is 6.36. The van der Waals surface area contributed by atoms with Gasteiger partial charge in [0.05, 0.1) is 11.1 Å². The molecule has 2 aromatic rings. The summed E-state index contributed by atoms with van der Waals surface area (Å²) in [7, 11) is 0. The molecule has 0 saturated heterocycles. The summed E-state index contributed by atoms with van der Waals surface area (Å²) in [5, 5.41) is 0. The second-order valence-electron chi connectivity index (χ2n) is 4.64. The van der Waals surface area contributed by atoms with Crippen LogP contribution < -0.4 is 10.5 Å². The first-order valence-electron chi connectivity index (χ1n) is 6.36. The molecule has 128 valence electrons. The normalized spacial score (nSPS) is 12.1. The molecule has 0 atom stereocenters. The number of primary amides is 1. The number of nitrogens with two attached hydrogens (primary N) is 1. The molecule has 0 bridgehead atoms. The molecule has 0 aliphatic carbocycles. The lowest BCUT2D eigenvalue weighted by Crippen LogP contribution is -2.24. The number of amides is 1. The molecule has 0 aliphatic heterocycles. The molecular formula is C15H9F6NO2. The zero-order chi connectivity index (χ0) is 18.1. The number of para-hydroxylation sites is 1. The fourth-order valence-corrected chi connectivity index (χ4v) is 2.07. The second-order valence-corrected chi connectivity index (χ2v) is 4.64. The second kappa shape index (κ2) is 6.06. The molecule has 2 aromatic carbocycles. The van der Waals surface area contributed by atoms with Crippen LogP contribution in [0.2, 0.25) is 0 Å². The average Bonchev–Trinajstić information content (AvgIpc) is 2.45. The van der Waals surface area contributed by atoms with Gasteiger partial charge in [-0.3, -0.25) is 4.79 Å². The number of rotatable bonds is 3. The molecule has 0 heterocycles. The Hall–Kier alpha value is -2.71. The molecule has 2 N–H and O–H groups in total. The highest BCUT2D eigenvalue weighted by Crippen LogP contribution is 2.47. The lowest BCUT2D eigenvalue weighted by Gasteiger charge is -2.21. The van der Waals surface area contributed by atoms with Crippen LogP contribution in [0.4, 0.5) is 26.3 Å². The van der Waals surface area contributed by atoms with Crippen molar-refractivity contribution in [3.63, 3.8) is 0 Å². The van der Waals surface area contributed by atoms with Gasteiger partial charge in [-0.25, -0.2) is 0 Å². The van der Waals surface area contributed by atoms with Crippen LogP contribution in [0, 0.1) is 0 Å². The highest BCUT2D eigenvalue weighted by molar-refractivity contribution is 5.95. The Balaban J connectivity index is 2.75. The van der Waals surface area contributed by atoms with E-state index in [0.29, 0.717) is 12.1 Å². The zero-order valence-corrected chi connectivity index (χ0v) is 11.7. The van der Waals surface area contributed by atoms with E-state index in [0.717, 1.165) is 0 Å². The highest BCUT2D eigenvalue weighted by atomic mass is 19.4. The maximum Gasteiger partial charge on any atom is 0.420 e. The summed E-state index contributed by atoms with van der Waals surface area (Å²) in [6.45, 7) is 0. The monoisotopic (exact) mass is 349 g/mol. The first kappa shape index (κ1) is 17.6. The van der Waals surface area contributed by atoms with Gasteiger partial charge in [-0.2, -0.15) is 26.3 Å². The van der Waals surface area contributed by atoms with Gasteiger partial charge in [0.25, 0.3) is 0 Å². The van der Waals surface area contributed by atoms with E-state index in [1.807, 2.05) is 0 Å². The summed E-state index contributed by atoms with van der Waals surface area (Å²) in [6.07, 6.45) is -10.9. The number of hydrogen-bond acceptors (Lipinski definition) is 2. The number of ether oxygens (including phenoxy) is 1. The van der Waals surface area contributed by atoms with Gasteiger partial charge in [0.15, 0.2) is 0 Å².